The number of aliphatic hydroxyl groups excluding tert-OH is 1. The van der Waals surface area contributed by atoms with Crippen molar-refractivity contribution in [2.24, 2.45) is 0 Å². The smallest absolute Gasteiger partial charge is 0.0604 e. The zero-order chi connectivity index (χ0) is 11.1. The van der Waals surface area contributed by atoms with Crippen LogP contribution in [0, 0.1) is 0 Å². The molecule has 0 aromatic carbocycles. The molecule has 1 aliphatic carbocycles. The average Bonchev–Trinajstić information content (AvgIpc) is 2.59. The van der Waals surface area contributed by atoms with Gasteiger partial charge in [0.25, 0.3) is 0 Å². The number of unbranched alkanes of at least 4 members (excludes halogenated alkanes) is 3. The molecule has 0 bridgehead atoms. The maximum Gasteiger partial charge on any atom is 0.0604 e. The van der Waals surface area contributed by atoms with Crippen LogP contribution in [-0.4, -0.2) is 23.4 Å². The van der Waals surface area contributed by atoms with E-state index in [-0.39, 0.29) is 6.10 Å². The van der Waals surface area contributed by atoms with E-state index < -0.39 is 0 Å². The van der Waals surface area contributed by atoms with E-state index in [2.05, 4.69) is 13.8 Å². The fourth-order valence-corrected chi connectivity index (χ4v) is 2.30. The lowest BCUT2D eigenvalue weighted by molar-refractivity contribution is -0.00904. The van der Waals surface area contributed by atoms with Crippen molar-refractivity contribution in [3.8, 4) is 0 Å². The fraction of sp³-hybridized carbons (Fsp3) is 1.00. The van der Waals surface area contributed by atoms with E-state index in [9.17, 15) is 5.11 Å². The predicted molar refractivity (Wildman–Crippen MR) is 63.0 cm³/mol. The number of hydrogen-bond acceptors (Lipinski definition) is 2. The highest BCUT2D eigenvalue weighted by atomic mass is 16.5. The first-order chi connectivity index (χ1) is 7.22. The SMILES string of the molecule is CCCCCCC(C)OC1CCC(O)C1. The van der Waals surface area contributed by atoms with Gasteiger partial charge in [-0.05, 0) is 32.6 Å². The molecule has 0 spiro atoms. The Morgan fingerprint density at radius 3 is 2.67 bits per heavy atom. The van der Waals surface area contributed by atoms with Gasteiger partial charge < -0.3 is 9.84 Å². The molecule has 3 atom stereocenters. The Balaban J connectivity index is 2.00. The Kier molecular flexibility index (Phi) is 6.26. The molecule has 0 saturated heterocycles. The van der Waals surface area contributed by atoms with Crippen LogP contribution in [0.3, 0.4) is 0 Å². The van der Waals surface area contributed by atoms with Crippen molar-refractivity contribution in [1.29, 1.82) is 0 Å². The molecule has 1 rings (SSSR count). The Morgan fingerprint density at radius 2 is 2.07 bits per heavy atom. The van der Waals surface area contributed by atoms with Crippen molar-refractivity contribution < 1.29 is 9.84 Å². The molecule has 0 aliphatic heterocycles. The minimum absolute atomic E-state index is 0.109. The van der Waals surface area contributed by atoms with Crippen LogP contribution in [0.1, 0.15) is 65.2 Å². The molecule has 3 unspecified atom stereocenters. The van der Waals surface area contributed by atoms with Crippen molar-refractivity contribution >= 4 is 0 Å². The van der Waals surface area contributed by atoms with Crippen LogP contribution in [0.15, 0.2) is 0 Å². The maximum atomic E-state index is 9.38. The summed E-state index contributed by atoms with van der Waals surface area (Å²) in [4.78, 5) is 0. The van der Waals surface area contributed by atoms with Gasteiger partial charge in [0.05, 0.1) is 18.3 Å². The van der Waals surface area contributed by atoms with Crippen LogP contribution < -0.4 is 0 Å². The number of ether oxygens (including phenoxy) is 1. The second-order valence-corrected chi connectivity index (χ2v) is 4.88. The zero-order valence-corrected chi connectivity index (χ0v) is 10.2. The van der Waals surface area contributed by atoms with Crippen molar-refractivity contribution in [3.63, 3.8) is 0 Å². The highest BCUT2D eigenvalue weighted by Crippen LogP contribution is 2.24. The van der Waals surface area contributed by atoms with Crippen molar-refractivity contribution in [2.75, 3.05) is 0 Å². The quantitative estimate of drug-likeness (QED) is 0.659. The number of aliphatic hydroxyl groups is 1. The summed E-state index contributed by atoms with van der Waals surface area (Å²) in [5.41, 5.74) is 0. The summed E-state index contributed by atoms with van der Waals surface area (Å²) < 4.78 is 5.90. The van der Waals surface area contributed by atoms with E-state index in [0.29, 0.717) is 12.2 Å². The first-order valence-electron chi connectivity index (χ1n) is 6.56. The first-order valence-corrected chi connectivity index (χ1v) is 6.56. The van der Waals surface area contributed by atoms with Crippen LogP contribution in [-0.2, 0) is 4.74 Å². The topological polar surface area (TPSA) is 29.5 Å². The molecule has 2 heteroatoms. The van der Waals surface area contributed by atoms with E-state index in [4.69, 9.17) is 4.74 Å². The predicted octanol–water partition coefficient (Wildman–Crippen LogP) is 3.28. The number of rotatable bonds is 7. The largest absolute Gasteiger partial charge is 0.393 e. The van der Waals surface area contributed by atoms with E-state index >= 15 is 0 Å². The first kappa shape index (κ1) is 13.0. The molecule has 1 saturated carbocycles. The van der Waals surface area contributed by atoms with Gasteiger partial charge in [0.1, 0.15) is 0 Å². The van der Waals surface area contributed by atoms with Gasteiger partial charge in [0.15, 0.2) is 0 Å². The van der Waals surface area contributed by atoms with Gasteiger partial charge >= 0.3 is 0 Å². The fourth-order valence-electron chi connectivity index (χ4n) is 2.30. The Morgan fingerprint density at radius 1 is 1.27 bits per heavy atom. The molecule has 2 nitrogen and oxygen atoms in total. The standard InChI is InChI=1S/C13H26O2/c1-3-4-5-6-7-11(2)15-13-9-8-12(14)10-13/h11-14H,3-10H2,1-2H3. The lowest BCUT2D eigenvalue weighted by atomic mass is 10.1. The molecule has 0 aromatic heterocycles. The third-order valence-corrected chi connectivity index (χ3v) is 3.25. The second kappa shape index (κ2) is 7.24. The molecule has 90 valence electrons. The van der Waals surface area contributed by atoms with Crippen molar-refractivity contribution in [1.82, 2.24) is 0 Å². The summed E-state index contributed by atoms with van der Waals surface area (Å²) in [7, 11) is 0. The van der Waals surface area contributed by atoms with E-state index in [1.165, 1.54) is 32.1 Å². The highest BCUT2D eigenvalue weighted by molar-refractivity contribution is 4.75. The summed E-state index contributed by atoms with van der Waals surface area (Å²) >= 11 is 0. The molecule has 0 heterocycles. The lowest BCUT2D eigenvalue weighted by Crippen LogP contribution is -2.18. The summed E-state index contributed by atoms with van der Waals surface area (Å²) in [6.07, 6.45) is 9.82. The van der Waals surface area contributed by atoms with Crippen molar-refractivity contribution in [2.45, 2.75) is 83.5 Å². The molecule has 1 N–H and O–H groups in total. The molecular formula is C13H26O2. The van der Waals surface area contributed by atoms with Gasteiger partial charge in [-0.1, -0.05) is 32.6 Å². The van der Waals surface area contributed by atoms with E-state index in [1.807, 2.05) is 0 Å². The summed E-state index contributed by atoms with van der Waals surface area (Å²) in [5.74, 6) is 0. The van der Waals surface area contributed by atoms with Gasteiger partial charge in [-0.3, -0.25) is 0 Å². The molecule has 1 aliphatic rings. The zero-order valence-electron chi connectivity index (χ0n) is 10.2. The third-order valence-electron chi connectivity index (χ3n) is 3.25. The second-order valence-electron chi connectivity index (χ2n) is 4.88. The molecule has 15 heavy (non-hydrogen) atoms. The minimum atomic E-state index is -0.109. The minimum Gasteiger partial charge on any atom is -0.393 e. The summed E-state index contributed by atoms with van der Waals surface area (Å²) in [6.45, 7) is 4.40. The van der Waals surface area contributed by atoms with Crippen LogP contribution in [0.4, 0.5) is 0 Å². The molecule has 1 fully saturated rings. The Hall–Kier alpha value is -0.0800. The van der Waals surface area contributed by atoms with E-state index in [0.717, 1.165) is 19.3 Å². The highest BCUT2D eigenvalue weighted by Gasteiger charge is 2.24. The average molecular weight is 214 g/mol. The van der Waals surface area contributed by atoms with Gasteiger partial charge in [0, 0.05) is 0 Å². The van der Waals surface area contributed by atoms with E-state index in [1.54, 1.807) is 0 Å². The number of hydrogen-bond donors (Lipinski definition) is 1. The van der Waals surface area contributed by atoms with Crippen LogP contribution in [0.2, 0.25) is 0 Å². The summed E-state index contributed by atoms with van der Waals surface area (Å²) in [6, 6.07) is 0. The Labute approximate surface area is 94.0 Å². The van der Waals surface area contributed by atoms with Crippen LogP contribution in [0.25, 0.3) is 0 Å². The normalized spacial score (nSPS) is 28.2. The molecule has 0 aromatic rings. The van der Waals surface area contributed by atoms with Crippen molar-refractivity contribution in [3.05, 3.63) is 0 Å². The summed E-state index contributed by atoms with van der Waals surface area (Å²) in [5, 5.41) is 9.38. The Bertz CT molecular complexity index is 159. The lowest BCUT2D eigenvalue weighted by Gasteiger charge is -2.18. The third kappa shape index (κ3) is 5.53. The van der Waals surface area contributed by atoms with Gasteiger partial charge in [-0.2, -0.15) is 0 Å². The maximum absolute atomic E-state index is 9.38. The monoisotopic (exact) mass is 214 g/mol. The molecule has 0 amide bonds. The van der Waals surface area contributed by atoms with Gasteiger partial charge in [-0.25, -0.2) is 0 Å². The van der Waals surface area contributed by atoms with Crippen LogP contribution in [0.5, 0.6) is 0 Å². The van der Waals surface area contributed by atoms with Crippen LogP contribution >= 0.6 is 0 Å². The van der Waals surface area contributed by atoms with Gasteiger partial charge in [-0.15, -0.1) is 0 Å². The molecular weight excluding hydrogens is 188 g/mol. The molecule has 0 radical (unpaired) electrons. The van der Waals surface area contributed by atoms with Gasteiger partial charge in [0.2, 0.25) is 0 Å².